The molecule has 0 N–H and O–H groups in total. The van der Waals surface area contributed by atoms with Crippen molar-refractivity contribution in [3.63, 3.8) is 0 Å². The minimum absolute atomic E-state index is 0. The fourth-order valence-corrected chi connectivity index (χ4v) is 69.1. The summed E-state index contributed by atoms with van der Waals surface area (Å²) in [6.07, 6.45) is 19.8. The Bertz CT molecular complexity index is 1780. The first-order valence-corrected chi connectivity index (χ1v) is 48.5. The van der Waals surface area contributed by atoms with Crippen LogP contribution in [0.25, 0.3) is 24.3 Å². The first kappa shape index (κ1) is 38.2. The molecule has 0 amide bonds. The minimum atomic E-state index is -3.06. The van der Waals surface area contributed by atoms with Crippen LogP contribution in [-0.2, 0) is 37.2 Å². The largest absolute Gasteiger partial charge is 1.00 e. The third kappa shape index (κ3) is 6.57. The van der Waals surface area contributed by atoms with Gasteiger partial charge in [-0.1, -0.05) is 0 Å². The van der Waals surface area contributed by atoms with E-state index in [1.807, 2.05) is 0 Å². The molecule has 246 valence electrons. The summed E-state index contributed by atoms with van der Waals surface area (Å²) in [4.78, 5) is 0. The van der Waals surface area contributed by atoms with E-state index in [4.69, 9.17) is 0 Å². The number of fused-ring (bicyclic) bond motifs is 4. The summed E-state index contributed by atoms with van der Waals surface area (Å²) in [6, 6.07) is 36.3. The molecule has 0 radical (unpaired) electrons. The van der Waals surface area contributed by atoms with Gasteiger partial charge < -0.3 is 24.8 Å². The number of hydrogen-bond donors (Lipinski definition) is 0. The molecule has 0 aromatic heterocycles. The number of rotatable bonds is 6. The molecule has 0 saturated heterocycles. The Morgan fingerprint density at radius 2 is 0.812 bits per heavy atom. The number of halogens is 2. The van der Waals surface area contributed by atoms with E-state index in [1.54, 1.807) is 22.3 Å². The van der Waals surface area contributed by atoms with Gasteiger partial charge in [0.2, 0.25) is 0 Å². The minimum Gasteiger partial charge on any atom is -1.00 e. The Balaban J connectivity index is 0.000000181. The fourth-order valence-electron chi connectivity index (χ4n) is 8.99. The van der Waals surface area contributed by atoms with Crippen LogP contribution < -0.4 is 24.8 Å². The number of hydrogen-bond acceptors (Lipinski definition) is 0. The molecule has 4 aliphatic carbocycles. The van der Waals surface area contributed by atoms with Gasteiger partial charge in [0.1, 0.15) is 0 Å². The Hall–Kier alpha value is -1.05. The van der Waals surface area contributed by atoms with Gasteiger partial charge in [-0.2, -0.15) is 0 Å². The van der Waals surface area contributed by atoms with Crippen molar-refractivity contribution in [2.45, 2.75) is 48.4 Å². The first-order chi connectivity index (χ1) is 22.2. The fraction of sp³-hybridized carbons (Fsp3) is 0.238. The average molecular weight is 907 g/mol. The molecule has 4 aromatic carbocycles. The van der Waals surface area contributed by atoms with Crippen molar-refractivity contribution < 1.29 is 62.0 Å². The van der Waals surface area contributed by atoms with Crippen molar-refractivity contribution >= 4 is 40.8 Å². The molecule has 4 aromatic rings. The van der Waals surface area contributed by atoms with E-state index in [0.717, 1.165) is 7.25 Å². The normalized spacial score (nSPS) is 21.3. The van der Waals surface area contributed by atoms with Crippen LogP contribution in [0.4, 0.5) is 0 Å². The molecule has 0 aliphatic heterocycles. The standard InChI is InChI=1S/4C9H7.C2H7Ge.C2H7Si.2CH3.2ClH.2Zr/c4*1-2-5-9-7-3-6-8(9)4-1;2*1-3-2;;;;;;/h4*1-7H;2*3H,1-2H3;2*1H3;2*1H;;/q;;;;;;;;;;;+2/p-2. The predicted octanol–water partition coefficient (Wildman–Crippen LogP) is 5.42. The Kier molecular flexibility index (Phi) is 12.2. The molecule has 0 saturated carbocycles. The van der Waals surface area contributed by atoms with Gasteiger partial charge in [-0.25, -0.2) is 0 Å². The van der Waals surface area contributed by atoms with Crippen LogP contribution in [0.1, 0.15) is 59.0 Å². The van der Waals surface area contributed by atoms with Crippen molar-refractivity contribution in [1.82, 2.24) is 0 Å². The molecule has 0 fully saturated rings. The summed E-state index contributed by atoms with van der Waals surface area (Å²) in [5, 5.41) is 0. The number of allylic oxidation sites excluding steroid dienone is 4. The van der Waals surface area contributed by atoms with Crippen LogP contribution in [0.5, 0.6) is 0 Å². The third-order valence-electron chi connectivity index (χ3n) is 12.4. The van der Waals surface area contributed by atoms with Gasteiger partial charge in [0, 0.05) is 0 Å². The molecule has 6 heteroatoms. The summed E-state index contributed by atoms with van der Waals surface area (Å²) in [5.41, 5.74) is 12.3. The molecule has 4 unspecified atom stereocenters. The van der Waals surface area contributed by atoms with Crippen molar-refractivity contribution in [1.29, 1.82) is 0 Å². The molecular weight excluding hydrogens is 859 g/mol. The van der Waals surface area contributed by atoms with Gasteiger partial charge in [0.15, 0.2) is 0 Å². The Morgan fingerprint density at radius 3 is 1.17 bits per heavy atom. The molecular formula is C42H48Cl2GeSiZr2. The average Bonchev–Trinajstić information content (AvgIpc) is 3.87. The van der Waals surface area contributed by atoms with Gasteiger partial charge in [0.05, 0.1) is 0 Å². The number of benzene rings is 4. The van der Waals surface area contributed by atoms with Crippen LogP contribution in [-0.4, -0.2) is 16.5 Å². The van der Waals surface area contributed by atoms with Gasteiger partial charge in [-0.15, -0.1) is 0 Å². The zero-order valence-corrected chi connectivity index (χ0v) is 39.1. The van der Waals surface area contributed by atoms with Gasteiger partial charge in [-0.3, -0.25) is 0 Å². The van der Waals surface area contributed by atoms with Gasteiger partial charge in [0.25, 0.3) is 0 Å². The molecule has 0 heterocycles. The Morgan fingerprint density at radius 1 is 0.500 bits per heavy atom. The maximum Gasteiger partial charge on any atom is -1.00 e. The summed E-state index contributed by atoms with van der Waals surface area (Å²) in [5.74, 6) is 4.72. The van der Waals surface area contributed by atoms with Crippen LogP contribution in [0.15, 0.2) is 121 Å². The topological polar surface area (TPSA) is 0 Å². The zero-order valence-electron chi connectivity index (χ0n) is 29.1. The van der Waals surface area contributed by atoms with Crippen LogP contribution in [0, 0.1) is 0 Å². The van der Waals surface area contributed by atoms with Crippen molar-refractivity contribution in [2.75, 3.05) is 0 Å². The van der Waals surface area contributed by atoms with E-state index >= 15 is 0 Å². The van der Waals surface area contributed by atoms with Gasteiger partial charge in [-0.05, 0) is 0 Å². The second-order valence-electron chi connectivity index (χ2n) is 15.4. The summed E-state index contributed by atoms with van der Waals surface area (Å²) >= 11 is -4.68. The second kappa shape index (κ2) is 15.3. The molecule has 0 bridgehead atoms. The summed E-state index contributed by atoms with van der Waals surface area (Å²) < 4.78 is 8.57. The van der Waals surface area contributed by atoms with E-state index in [0.29, 0.717) is 7.25 Å². The smallest absolute Gasteiger partial charge is 1.00 e. The van der Waals surface area contributed by atoms with Crippen LogP contribution in [0.2, 0.25) is 33.9 Å². The third-order valence-corrected chi connectivity index (χ3v) is 109. The Labute approximate surface area is 313 Å². The zero-order chi connectivity index (χ0) is 32.1. The molecule has 4 atom stereocenters. The second-order valence-corrected chi connectivity index (χ2v) is 94.4. The van der Waals surface area contributed by atoms with E-state index < -0.39 is 53.7 Å². The molecule has 48 heavy (non-hydrogen) atoms. The summed E-state index contributed by atoms with van der Waals surface area (Å²) in [7, 11) is -1.38. The van der Waals surface area contributed by atoms with Crippen LogP contribution >= 0.6 is 0 Å². The summed E-state index contributed by atoms with van der Waals surface area (Å²) in [6.45, 7) is 5.19. The molecule has 4 aliphatic rings. The van der Waals surface area contributed by atoms with Gasteiger partial charge >= 0.3 is 292 Å². The molecule has 0 nitrogen and oxygen atoms in total. The van der Waals surface area contributed by atoms with E-state index in [2.05, 4.69) is 180 Å². The van der Waals surface area contributed by atoms with Crippen molar-refractivity contribution in [3.8, 4) is 0 Å². The monoisotopic (exact) mass is 904 g/mol. The van der Waals surface area contributed by atoms with Crippen molar-refractivity contribution in [3.05, 3.63) is 166 Å². The van der Waals surface area contributed by atoms with E-state index in [1.165, 1.54) is 22.3 Å². The predicted molar refractivity (Wildman–Crippen MR) is 202 cm³/mol. The molecule has 8 rings (SSSR count). The van der Waals surface area contributed by atoms with E-state index in [9.17, 15) is 0 Å². The SMILES string of the molecule is C[SiH](C)[Zr+2]([CH]1C=Cc2ccccc21)[CH]1C=Cc2ccccc21.[CH3][GeH]([CH3])[Zr]([CH3])([CH3])([CH]1C=Cc2ccccc21)[CH]1C=Cc2ccccc21.[Cl-].[Cl-]. The quantitative estimate of drug-likeness (QED) is 0.227. The maximum atomic E-state index is 2.79. The van der Waals surface area contributed by atoms with E-state index in [-0.39, 0.29) is 24.8 Å². The maximum absolute atomic E-state index is 3.06. The van der Waals surface area contributed by atoms with Crippen LogP contribution in [0.3, 0.4) is 0 Å². The molecule has 0 spiro atoms. The first-order valence-electron chi connectivity index (χ1n) is 17.3. The van der Waals surface area contributed by atoms with Crippen molar-refractivity contribution in [2.24, 2.45) is 0 Å².